The number of rotatable bonds is 7. The molecule has 0 bridgehead atoms. The maximum absolute atomic E-state index is 2.51. The summed E-state index contributed by atoms with van der Waals surface area (Å²) in [5.41, 5.74) is 12.2. The van der Waals surface area contributed by atoms with Crippen LogP contribution in [0.25, 0.3) is 82.0 Å². The van der Waals surface area contributed by atoms with Gasteiger partial charge in [0, 0.05) is 11.4 Å². The van der Waals surface area contributed by atoms with Gasteiger partial charge in [0.05, 0.1) is 6.04 Å². The normalized spacial score (nSPS) is 13.9. The Hall–Kier alpha value is -7.48. The first-order valence-electron chi connectivity index (χ1n) is 20.6. The van der Waals surface area contributed by atoms with Gasteiger partial charge in [-0.3, -0.25) is 0 Å². The number of nitrogens with zero attached hydrogens (tertiary/aromatic N) is 1. The molecule has 1 unspecified atom stereocenters. The van der Waals surface area contributed by atoms with Gasteiger partial charge < -0.3 is 4.90 Å². The highest BCUT2D eigenvalue weighted by atomic mass is 15.2. The molecule has 1 aliphatic carbocycles. The fraction of sp³-hybridized carbons (Fsp3) is 0.0345. The molecule has 1 nitrogen and oxygen atoms in total. The van der Waals surface area contributed by atoms with E-state index in [1.54, 1.807) is 0 Å². The van der Waals surface area contributed by atoms with Gasteiger partial charge in [-0.05, 0) is 124 Å². The van der Waals surface area contributed by atoms with Gasteiger partial charge in [0.2, 0.25) is 0 Å². The number of fused-ring (bicyclic) bond motifs is 7. The topological polar surface area (TPSA) is 3.24 Å². The third kappa shape index (κ3) is 6.38. The van der Waals surface area contributed by atoms with Crippen LogP contribution in [0.15, 0.2) is 231 Å². The van der Waals surface area contributed by atoms with Gasteiger partial charge in [-0.15, -0.1) is 0 Å². The molecule has 0 aliphatic heterocycles. The van der Waals surface area contributed by atoms with E-state index in [2.05, 4.69) is 235 Å². The fourth-order valence-corrected chi connectivity index (χ4v) is 9.23. The van der Waals surface area contributed by atoms with Crippen molar-refractivity contribution in [2.45, 2.75) is 12.5 Å². The van der Waals surface area contributed by atoms with E-state index in [9.17, 15) is 0 Å². The second-order valence-electron chi connectivity index (χ2n) is 15.6. The molecule has 0 fully saturated rings. The summed E-state index contributed by atoms with van der Waals surface area (Å²) in [4.78, 5) is 2.51. The quantitative estimate of drug-likeness (QED) is 0.147. The molecule has 1 aliphatic rings. The minimum Gasteiger partial charge on any atom is -0.334 e. The largest absolute Gasteiger partial charge is 0.334 e. The summed E-state index contributed by atoms with van der Waals surface area (Å²) in [6, 6.07) is 77.8. The lowest BCUT2D eigenvalue weighted by atomic mass is 9.90. The lowest BCUT2D eigenvalue weighted by Crippen LogP contribution is -2.30. The Morgan fingerprint density at radius 3 is 1.51 bits per heavy atom. The Labute approximate surface area is 345 Å². The number of anilines is 2. The van der Waals surface area contributed by atoms with Crippen molar-refractivity contribution in [2.24, 2.45) is 0 Å². The minimum absolute atomic E-state index is 0.128. The first-order valence-corrected chi connectivity index (χ1v) is 20.6. The van der Waals surface area contributed by atoms with Gasteiger partial charge >= 0.3 is 0 Å². The number of allylic oxidation sites excluding steroid dienone is 2. The SMILES string of the molecule is C1=CC(N(c2ccc(-c3ccc(-c4ccccc4)cc3)cc2)c2cccc(-c3cccc4ccccc34)c2)CC=C1c1ccc2c3ccccc3c3ccccc3c2c1. The van der Waals surface area contributed by atoms with E-state index in [-0.39, 0.29) is 6.04 Å². The Balaban J connectivity index is 0.958. The molecule has 0 heterocycles. The molecule has 1 heteroatoms. The molecule has 1 atom stereocenters. The molecule has 10 aromatic carbocycles. The van der Waals surface area contributed by atoms with Crippen LogP contribution in [0.4, 0.5) is 11.4 Å². The van der Waals surface area contributed by atoms with Crippen molar-refractivity contribution < 1.29 is 0 Å². The maximum atomic E-state index is 2.51. The van der Waals surface area contributed by atoms with Crippen molar-refractivity contribution in [1.29, 1.82) is 0 Å². The smallest absolute Gasteiger partial charge is 0.0560 e. The van der Waals surface area contributed by atoms with Crippen LogP contribution in [0.2, 0.25) is 0 Å². The Bertz CT molecular complexity index is 3190. The molecule has 0 N–H and O–H groups in total. The van der Waals surface area contributed by atoms with Gasteiger partial charge in [0.25, 0.3) is 0 Å². The van der Waals surface area contributed by atoms with Crippen LogP contribution in [-0.4, -0.2) is 6.04 Å². The second kappa shape index (κ2) is 14.8. The molecule has 278 valence electrons. The van der Waals surface area contributed by atoms with Gasteiger partial charge in [0.1, 0.15) is 0 Å². The Morgan fingerprint density at radius 2 is 0.847 bits per heavy atom. The zero-order valence-corrected chi connectivity index (χ0v) is 32.7. The van der Waals surface area contributed by atoms with E-state index in [4.69, 9.17) is 0 Å². The van der Waals surface area contributed by atoms with Crippen LogP contribution in [0.1, 0.15) is 12.0 Å². The van der Waals surface area contributed by atoms with Crippen LogP contribution in [0.3, 0.4) is 0 Å². The number of benzene rings is 10. The first-order chi connectivity index (χ1) is 29.2. The van der Waals surface area contributed by atoms with E-state index >= 15 is 0 Å². The highest BCUT2D eigenvalue weighted by molar-refractivity contribution is 6.25. The first kappa shape index (κ1) is 34.7. The van der Waals surface area contributed by atoms with Crippen LogP contribution in [-0.2, 0) is 0 Å². The predicted octanol–water partition coefficient (Wildman–Crippen LogP) is 15.9. The van der Waals surface area contributed by atoms with Crippen LogP contribution in [0, 0.1) is 0 Å². The van der Waals surface area contributed by atoms with Crippen molar-refractivity contribution in [2.75, 3.05) is 4.90 Å². The molecule has 0 amide bonds. The summed E-state index contributed by atoms with van der Waals surface area (Å²) >= 11 is 0. The van der Waals surface area contributed by atoms with Gasteiger partial charge in [-0.25, -0.2) is 0 Å². The van der Waals surface area contributed by atoms with E-state index in [0.717, 1.165) is 6.42 Å². The summed E-state index contributed by atoms with van der Waals surface area (Å²) in [5.74, 6) is 0. The molecule has 59 heavy (non-hydrogen) atoms. The van der Waals surface area contributed by atoms with Crippen LogP contribution >= 0.6 is 0 Å². The van der Waals surface area contributed by atoms with Crippen molar-refractivity contribution >= 4 is 60.0 Å². The third-order valence-corrected chi connectivity index (χ3v) is 12.2. The zero-order valence-electron chi connectivity index (χ0n) is 32.7. The summed E-state index contributed by atoms with van der Waals surface area (Å²) in [5, 5.41) is 10.3. The summed E-state index contributed by atoms with van der Waals surface area (Å²) in [6.07, 6.45) is 8.05. The maximum Gasteiger partial charge on any atom is 0.0560 e. The van der Waals surface area contributed by atoms with Crippen molar-refractivity contribution in [3.8, 4) is 33.4 Å². The fourth-order valence-electron chi connectivity index (χ4n) is 9.23. The van der Waals surface area contributed by atoms with Crippen molar-refractivity contribution in [3.05, 3.63) is 236 Å². The van der Waals surface area contributed by atoms with E-state index in [1.807, 2.05) is 0 Å². The molecule has 0 saturated carbocycles. The van der Waals surface area contributed by atoms with E-state index in [0.29, 0.717) is 0 Å². The number of hydrogen-bond donors (Lipinski definition) is 0. The highest BCUT2D eigenvalue weighted by Gasteiger charge is 2.22. The highest BCUT2D eigenvalue weighted by Crippen LogP contribution is 2.40. The monoisotopic (exact) mass is 751 g/mol. The van der Waals surface area contributed by atoms with Crippen LogP contribution in [0.5, 0.6) is 0 Å². The minimum atomic E-state index is 0.128. The zero-order chi connectivity index (χ0) is 39.1. The van der Waals surface area contributed by atoms with Crippen molar-refractivity contribution in [3.63, 3.8) is 0 Å². The second-order valence-corrected chi connectivity index (χ2v) is 15.6. The standard InChI is InChI=1S/C58H41N/c1-2-12-40(13-3-1)41-24-26-42(27-25-41)43-28-33-48(34-29-43)59(50-17-10-16-47(38-50)52-23-11-15-45-14-4-5-18-51(45)52)49-35-30-44(31-36-49)46-32-37-57-55-21-7-6-19-53(55)54-20-8-9-22-56(54)58(57)39-46/h1-35,37-39,49H,36H2. The van der Waals surface area contributed by atoms with Gasteiger partial charge in [-0.2, -0.15) is 0 Å². The molecule has 10 aromatic rings. The molecule has 0 aromatic heterocycles. The van der Waals surface area contributed by atoms with Crippen molar-refractivity contribution in [1.82, 2.24) is 0 Å². The lowest BCUT2D eigenvalue weighted by molar-refractivity contribution is 0.787. The molecule has 0 spiro atoms. The average Bonchev–Trinajstić information content (AvgIpc) is 3.32. The molecule has 0 radical (unpaired) electrons. The summed E-state index contributed by atoms with van der Waals surface area (Å²) < 4.78 is 0. The molecular formula is C58H41N. The molecule has 11 rings (SSSR count). The average molecular weight is 752 g/mol. The van der Waals surface area contributed by atoms with E-state index < -0.39 is 0 Å². The van der Waals surface area contributed by atoms with Gasteiger partial charge in [0.15, 0.2) is 0 Å². The Kier molecular flexibility index (Phi) is 8.71. The number of hydrogen-bond acceptors (Lipinski definition) is 1. The van der Waals surface area contributed by atoms with Crippen LogP contribution < -0.4 is 4.90 Å². The third-order valence-electron chi connectivity index (χ3n) is 12.2. The molecule has 0 saturated heterocycles. The summed E-state index contributed by atoms with van der Waals surface area (Å²) in [7, 11) is 0. The Morgan fingerprint density at radius 1 is 0.339 bits per heavy atom. The lowest BCUT2D eigenvalue weighted by Gasteiger charge is -2.34. The summed E-state index contributed by atoms with van der Waals surface area (Å²) in [6.45, 7) is 0. The van der Waals surface area contributed by atoms with Gasteiger partial charge in [-0.1, -0.05) is 200 Å². The predicted molar refractivity (Wildman–Crippen MR) is 253 cm³/mol. The molecular weight excluding hydrogens is 711 g/mol. The van der Waals surface area contributed by atoms with E-state index in [1.165, 1.54) is 99.0 Å².